The molecule has 0 radical (unpaired) electrons. The van der Waals surface area contributed by atoms with Crippen molar-refractivity contribution in [1.29, 1.82) is 0 Å². The van der Waals surface area contributed by atoms with Gasteiger partial charge in [0, 0.05) is 37.2 Å². The molecule has 1 atom stereocenters. The van der Waals surface area contributed by atoms with E-state index in [9.17, 15) is 4.79 Å². The first-order valence-electron chi connectivity index (χ1n) is 9.14. The molecule has 0 aliphatic carbocycles. The van der Waals surface area contributed by atoms with Crippen molar-refractivity contribution in [2.24, 2.45) is 0 Å². The van der Waals surface area contributed by atoms with Gasteiger partial charge in [-0.05, 0) is 48.7 Å². The van der Waals surface area contributed by atoms with Crippen molar-refractivity contribution in [3.63, 3.8) is 0 Å². The average molecular weight is 348 g/mol. The number of piperidine rings is 1. The third-order valence-electron chi connectivity index (χ3n) is 5.35. The van der Waals surface area contributed by atoms with Crippen molar-refractivity contribution in [2.75, 3.05) is 19.7 Å². The molecule has 26 heavy (non-hydrogen) atoms. The number of amides is 1. The molecule has 6 nitrogen and oxygen atoms in total. The lowest BCUT2D eigenvalue weighted by atomic mass is 9.96. The minimum atomic E-state index is 0.0956. The van der Waals surface area contributed by atoms with Crippen molar-refractivity contribution < 1.29 is 9.53 Å². The molecule has 0 bridgehead atoms. The van der Waals surface area contributed by atoms with Crippen LogP contribution in [-0.2, 0) is 6.42 Å². The Bertz CT molecular complexity index is 981. The molecule has 0 N–H and O–H groups in total. The summed E-state index contributed by atoms with van der Waals surface area (Å²) < 4.78 is 7.58. The summed E-state index contributed by atoms with van der Waals surface area (Å²) in [5, 5.41) is 8.65. The molecule has 1 amide bonds. The second-order valence-electron chi connectivity index (χ2n) is 7.00. The van der Waals surface area contributed by atoms with Gasteiger partial charge in [-0.3, -0.25) is 9.20 Å². The van der Waals surface area contributed by atoms with Crippen molar-refractivity contribution >= 4 is 11.6 Å². The summed E-state index contributed by atoms with van der Waals surface area (Å²) in [6.45, 7) is 2.18. The van der Waals surface area contributed by atoms with Crippen LogP contribution in [0.4, 0.5) is 0 Å². The Kier molecular flexibility index (Phi) is 3.62. The topological polar surface area (TPSA) is 59.7 Å². The van der Waals surface area contributed by atoms with Gasteiger partial charge in [-0.1, -0.05) is 6.07 Å². The summed E-state index contributed by atoms with van der Waals surface area (Å²) in [6.07, 6.45) is 4.88. The molecule has 132 valence electrons. The number of fused-ring (bicyclic) bond motifs is 2. The maximum Gasteiger partial charge on any atom is 0.253 e. The predicted octanol–water partition coefficient (Wildman–Crippen LogP) is 2.68. The number of aromatic nitrogens is 3. The summed E-state index contributed by atoms with van der Waals surface area (Å²) in [4.78, 5) is 15.0. The van der Waals surface area contributed by atoms with Crippen LogP contribution >= 0.6 is 0 Å². The maximum atomic E-state index is 13.0. The van der Waals surface area contributed by atoms with Crippen molar-refractivity contribution in [1.82, 2.24) is 19.5 Å². The third kappa shape index (κ3) is 2.53. The monoisotopic (exact) mass is 348 g/mol. The minimum absolute atomic E-state index is 0.0956. The first-order valence-corrected chi connectivity index (χ1v) is 9.14. The van der Waals surface area contributed by atoms with Gasteiger partial charge in [0.25, 0.3) is 5.91 Å². The molecule has 1 fully saturated rings. The lowest BCUT2D eigenvalue weighted by molar-refractivity contribution is 0.0704. The molecule has 0 saturated carbocycles. The Morgan fingerprint density at radius 3 is 3.12 bits per heavy atom. The van der Waals surface area contributed by atoms with E-state index in [1.54, 1.807) is 0 Å². The van der Waals surface area contributed by atoms with E-state index in [0.29, 0.717) is 13.2 Å². The molecule has 1 saturated heterocycles. The summed E-state index contributed by atoms with van der Waals surface area (Å²) in [5.74, 6) is 2.16. The van der Waals surface area contributed by atoms with E-state index in [1.807, 2.05) is 51.9 Å². The normalized spacial score (nSPS) is 19.4. The average Bonchev–Trinajstić information content (AvgIpc) is 3.33. The number of nitrogens with zero attached hydrogens (tertiary/aromatic N) is 4. The molecule has 1 aromatic carbocycles. The fourth-order valence-corrected chi connectivity index (χ4v) is 4.01. The number of likely N-dealkylation sites (tertiary alicyclic amines) is 1. The van der Waals surface area contributed by atoms with Crippen LogP contribution in [0.15, 0.2) is 42.6 Å². The van der Waals surface area contributed by atoms with Crippen LogP contribution in [0.1, 0.15) is 40.5 Å². The highest BCUT2D eigenvalue weighted by Gasteiger charge is 2.29. The summed E-state index contributed by atoms with van der Waals surface area (Å²) in [7, 11) is 0. The Morgan fingerprint density at radius 2 is 2.15 bits per heavy atom. The number of ether oxygens (including phenoxy) is 1. The maximum absolute atomic E-state index is 13.0. The lowest BCUT2D eigenvalue weighted by Gasteiger charge is -2.32. The van der Waals surface area contributed by atoms with E-state index < -0.39 is 0 Å². The highest BCUT2D eigenvalue weighted by atomic mass is 16.5. The Morgan fingerprint density at radius 1 is 1.19 bits per heavy atom. The smallest absolute Gasteiger partial charge is 0.253 e. The molecule has 2 aliphatic heterocycles. The second-order valence-corrected chi connectivity index (χ2v) is 7.00. The quantitative estimate of drug-likeness (QED) is 0.714. The van der Waals surface area contributed by atoms with Gasteiger partial charge < -0.3 is 9.64 Å². The Balaban J connectivity index is 1.39. The fraction of sp³-hybridized carbons (Fsp3) is 0.350. The molecule has 3 aromatic rings. The summed E-state index contributed by atoms with van der Waals surface area (Å²) in [5.41, 5.74) is 2.73. The fourth-order valence-electron chi connectivity index (χ4n) is 4.01. The highest BCUT2D eigenvalue weighted by molar-refractivity contribution is 5.94. The van der Waals surface area contributed by atoms with Crippen LogP contribution in [0.25, 0.3) is 5.65 Å². The largest absolute Gasteiger partial charge is 0.493 e. The SMILES string of the molecule is O=C(c1ccc2c(c1)CCO2)N1CCC[C@H](c2nnc3ccccn23)C1. The van der Waals surface area contributed by atoms with Crippen molar-refractivity contribution in [3.8, 4) is 5.75 Å². The van der Waals surface area contributed by atoms with Gasteiger partial charge in [0.2, 0.25) is 0 Å². The first kappa shape index (κ1) is 15.4. The lowest BCUT2D eigenvalue weighted by Crippen LogP contribution is -2.39. The molecule has 2 aromatic heterocycles. The summed E-state index contributed by atoms with van der Waals surface area (Å²) in [6, 6.07) is 11.7. The zero-order valence-electron chi connectivity index (χ0n) is 14.5. The van der Waals surface area contributed by atoms with Crippen LogP contribution < -0.4 is 4.74 Å². The van der Waals surface area contributed by atoms with E-state index in [2.05, 4.69) is 10.2 Å². The number of hydrogen-bond acceptors (Lipinski definition) is 4. The second kappa shape index (κ2) is 6.12. The standard InChI is InChI=1S/C20H20N4O2/c25-20(15-6-7-17-14(12-15)8-11-26-17)23-9-3-4-16(13-23)19-22-21-18-5-1-2-10-24(18)19/h1-2,5-7,10,12,16H,3-4,8-9,11,13H2/t16-/m0/s1. The minimum Gasteiger partial charge on any atom is -0.493 e. The number of benzene rings is 1. The van der Waals surface area contributed by atoms with Crippen LogP contribution in [0, 0.1) is 0 Å². The van der Waals surface area contributed by atoms with Gasteiger partial charge in [0.05, 0.1) is 6.61 Å². The number of pyridine rings is 1. The number of hydrogen-bond donors (Lipinski definition) is 0. The van der Waals surface area contributed by atoms with E-state index in [-0.39, 0.29) is 11.8 Å². The number of carbonyl (C=O) groups is 1. The van der Waals surface area contributed by atoms with E-state index in [4.69, 9.17) is 4.74 Å². The Hall–Kier alpha value is -2.89. The van der Waals surface area contributed by atoms with Gasteiger partial charge in [0.1, 0.15) is 11.6 Å². The van der Waals surface area contributed by atoms with Gasteiger partial charge in [-0.2, -0.15) is 0 Å². The molecule has 2 aliphatic rings. The molecule has 0 unspecified atom stereocenters. The van der Waals surface area contributed by atoms with Crippen LogP contribution in [0.3, 0.4) is 0 Å². The van der Waals surface area contributed by atoms with Crippen LogP contribution in [0.2, 0.25) is 0 Å². The van der Waals surface area contributed by atoms with E-state index in [1.165, 1.54) is 0 Å². The van der Waals surface area contributed by atoms with Crippen LogP contribution in [-0.4, -0.2) is 45.1 Å². The molecule has 5 rings (SSSR count). The van der Waals surface area contributed by atoms with Gasteiger partial charge in [0.15, 0.2) is 5.65 Å². The highest BCUT2D eigenvalue weighted by Crippen LogP contribution is 2.29. The van der Waals surface area contributed by atoms with Crippen LogP contribution in [0.5, 0.6) is 5.75 Å². The zero-order chi connectivity index (χ0) is 17.5. The van der Waals surface area contributed by atoms with E-state index in [0.717, 1.165) is 54.2 Å². The van der Waals surface area contributed by atoms with Gasteiger partial charge >= 0.3 is 0 Å². The summed E-state index contributed by atoms with van der Waals surface area (Å²) >= 11 is 0. The molecular formula is C20H20N4O2. The molecule has 4 heterocycles. The predicted molar refractivity (Wildman–Crippen MR) is 96.5 cm³/mol. The molecular weight excluding hydrogens is 328 g/mol. The molecule has 0 spiro atoms. The Labute approximate surface area is 151 Å². The van der Waals surface area contributed by atoms with E-state index >= 15 is 0 Å². The zero-order valence-corrected chi connectivity index (χ0v) is 14.5. The number of carbonyl (C=O) groups excluding carboxylic acids is 1. The molecule has 6 heteroatoms. The van der Waals surface area contributed by atoms with Gasteiger partial charge in [-0.15, -0.1) is 10.2 Å². The first-order chi connectivity index (χ1) is 12.8. The van der Waals surface area contributed by atoms with Gasteiger partial charge in [-0.25, -0.2) is 0 Å². The third-order valence-corrected chi connectivity index (χ3v) is 5.35. The van der Waals surface area contributed by atoms with Crippen molar-refractivity contribution in [3.05, 3.63) is 59.5 Å². The van der Waals surface area contributed by atoms with Crippen molar-refractivity contribution in [2.45, 2.75) is 25.2 Å². The number of rotatable bonds is 2.